The van der Waals surface area contributed by atoms with Crippen LogP contribution in [0.1, 0.15) is 28.5 Å². The van der Waals surface area contributed by atoms with Crippen molar-refractivity contribution >= 4 is 11.7 Å². The third kappa shape index (κ3) is 3.15. The zero-order valence-corrected chi connectivity index (χ0v) is 12.8. The summed E-state index contributed by atoms with van der Waals surface area (Å²) in [4.78, 5) is 23.8. The molecule has 2 rings (SSSR count). The highest BCUT2D eigenvalue weighted by molar-refractivity contribution is 5.88. The fraction of sp³-hybridized carbons (Fsp3) is 0.176. The molecule has 6 heteroatoms. The Bertz CT molecular complexity index is 822. The largest absolute Gasteiger partial charge is 0.494 e. The maximum atomic E-state index is 13.1. The second-order valence-electron chi connectivity index (χ2n) is 4.84. The average molecular weight is 317 g/mol. The van der Waals surface area contributed by atoms with Gasteiger partial charge >= 0.3 is 5.97 Å². The van der Waals surface area contributed by atoms with Crippen molar-refractivity contribution in [3.8, 4) is 5.69 Å². The molecule has 120 valence electrons. The van der Waals surface area contributed by atoms with E-state index in [4.69, 9.17) is 4.74 Å². The summed E-state index contributed by atoms with van der Waals surface area (Å²) in [6, 6.07) is 6.46. The molecule has 0 aliphatic carbocycles. The summed E-state index contributed by atoms with van der Waals surface area (Å²) in [5, 5.41) is 9.26. The summed E-state index contributed by atoms with van der Waals surface area (Å²) >= 11 is 0. The van der Waals surface area contributed by atoms with Crippen LogP contribution in [-0.2, 0) is 4.74 Å². The number of pyridine rings is 1. The van der Waals surface area contributed by atoms with Gasteiger partial charge in [-0.3, -0.25) is 9.36 Å². The summed E-state index contributed by atoms with van der Waals surface area (Å²) in [6.07, 6.45) is 0. The van der Waals surface area contributed by atoms with E-state index in [1.165, 1.54) is 34.9 Å². The molecule has 23 heavy (non-hydrogen) atoms. The minimum absolute atomic E-state index is 0.267. The van der Waals surface area contributed by atoms with Gasteiger partial charge in [-0.25, -0.2) is 9.18 Å². The van der Waals surface area contributed by atoms with Crippen LogP contribution >= 0.6 is 0 Å². The van der Waals surface area contributed by atoms with Gasteiger partial charge in [0.1, 0.15) is 17.1 Å². The van der Waals surface area contributed by atoms with E-state index in [1.54, 1.807) is 13.8 Å². The lowest BCUT2D eigenvalue weighted by molar-refractivity contribution is 0.0694. The first-order valence-corrected chi connectivity index (χ1v) is 6.94. The van der Waals surface area contributed by atoms with Crippen molar-refractivity contribution in [1.29, 1.82) is 0 Å². The van der Waals surface area contributed by atoms with Gasteiger partial charge in [0.25, 0.3) is 5.56 Å². The molecular weight excluding hydrogens is 301 g/mol. The second kappa shape index (κ2) is 6.48. The normalized spacial score (nSPS) is 10.4. The maximum absolute atomic E-state index is 13.1. The molecule has 2 aromatic rings. The Morgan fingerprint density at radius 2 is 1.91 bits per heavy atom. The number of nitrogens with zero attached hydrogens (tertiary/aromatic N) is 1. The van der Waals surface area contributed by atoms with Gasteiger partial charge in [0.2, 0.25) is 0 Å². The SMILES string of the molecule is C=C(OCC)c1cc(C(=O)O)c(=O)n(-c2ccc(F)cc2)c1C. The number of hydrogen-bond acceptors (Lipinski definition) is 3. The number of aromatic nitrogens is 1. The van der Waals surface area contributed by atoms with Crippen LogP contribution in [0.5, 0.6) is 0 Å². The summed E-state index contributed by atoms with van der Waals surface area (Å²) in [6.45, 7) is 7.54. The molecule has 0 amide bonds. The fourth-order valence-electron chi connectivity index (χ4n) is 2.29. The molecule has 0 bridgehead atoms. The number of rotatable bonds is 5. The highest BCUT2D eigenvalue weighted by Gasteiger charge is 2.19. The number of carboxylic acid groups (broad SMARTS) is 1. The molecule has 0 radical (unpaired) electrons. The van der Waals surface area contributed by atoms with Crippen molar-refractivity contribution in [2.24, 2.45) is 0 Å². The van der Waals surface area contributed by atoms with Crippen molar-refractivity contribution < 1.29 is 19.0 Å². The van der Waals surface area contributed by atoms with E-state index in [0.29, 0.717) is 23.6 Å². The monoisotopic (exact) mass is 317 g/mol. The van der Waals surface area contributed by atoms with Gasteiger partial charge in [0.05, 0.1) is 6.61 Å². The van der Waals surface area contributed by atoms with E-state index < -0.39 is 22.9 Å². The molecule has 0 aliphatic rings. The summed E-state index contributed by atoms with van der Waals surface area (Å²) in [7, 11) is 0. The molecule has 0 aliphatic heterocycles. The molecule has 0 atom stereocenters. The Labute approximate surface area is 132 Å². The van der Waals surface area contributed by atoms with E-state index in [9.17, 15) is 19.1 Å². The van der Waals surface area contributed by atoms with Crippen molar-refractivity contribution in [3.63, 3.8) is 0 Å². The quantitative estimate of drug-likeness (QED) is 0.861. The predicted octanol–water partition coefficient (Wildman–Crippen LogP) is 2.99. The topological polar surface area (TPSA) is 68.5 Å². The van der Waals surface area contributed by atoms with Gasteiger partial charge in [-0.05, 0) is 44.2 Å². The van der Waals surface area contributed by atoms with E-state index in [2.05, 4.69) is 6.58 Å². The summed E-state index contributed by atoms with van der Waals surface area (Å²) in [5.74, 6) is -1.53. The molecule has 0 spiro atoms. The van der Waals surface area contributed by atoms with Crippen LogP contribution < -0.4 is 5.56 Å². The van der Waals surface area contributed by atoms with E-state index in [-0.39, 0.29) is 5.76 Å². The van der Waals surface area contributed by atoms with E-state index >= 15 is 0 Å². The van der Waals surface area contributed by atoms with Crippen LogP contribution in [0.4, 0.5) is 4.39 Å². The smallest absolute Gasteiger partial charge is 0.341 e. The van der Waals surface area contributed by atoms with Crippen molar-refractivity contribution in [1.82, 2.24) is 4.57 Å². The number of benzene rings is 1. The number of hydrogen-bond donors (Lipinski definition) is 1. The van der Waals surface area contributed by atoms with Gasteiger partial charge < -0.3 is 9.84 Å². The molecule has 0 fully saturated rings. The summed E-state index contributed by atoms with van der Waals surface area (Å²) < 4.78 is 19.6. The Balaban J connectivity index is 2.78. The second-order valence-corrected chi connectivity index (χ2v) is 4.84. The zero-order valence-electron chi connectivity index (χ0n) is 12.8. The third-order valence-electron chi connectivity index (χ3n) is 3.38. The lowest BCUT2D eigenvalue weighted by Gasteiger charge is -2.17. The third-order valence-corrected chi connectivity index (χ3v) is 3.38. The van der Waals surface area contributed by atoms with Crippen LogP contribution in [-0.4, -0.2) is 22.2 Å². The number of ether oxygens (including phenoxy) is 1. The van der Waals surface area contributed by atoms with Crippen LogP contribution in [0.25, 0.3) is 11.4 Å². The molecule has 0 saturated carbocycles. The standard InChI is InChI=1S/C17H16FNO4/c1-4-23-11(3)14-9-15(17(21)22)16(20)19(10(14)2)13-7-5-12(18)6-8-13/h5-9H,3-4H2,1-2H3,(H,21,22). The highest BCUT2D eigenvalue weighted by Crippen LogP contribution is 2.21. The lowest BCUT2D eigenvalue weighted by atomic mass is 10.1. The van der Waals surface area contributed by atoms with Crippen LogP contribution in [0.3, 0.4) is 0 Å². The molecule has 0 unspecified atom stereocenters. The zero-order chi connectivity index (χ0) is 17.1. The maximum Gasteiger partial charge on any atom is 0.341 e. The first-order valence-electron chi connectivity index (χ1n) is 6.94. The van der Waals surface area contributed by atoms with Crippen molar-refractivity contribution in [2.45, 2.75) is 13.8 Å². The highest BCUT2D eigenvalue weighted by atomic mass is 19.1. The molecular formula is C17H16FNO4. The van der Waals surface area contributed by atoms with Gasteiger partial charge in [-0.1, -0.05) is 6.58 Å². The average Bonchev–Trinajstić information content (AvgIpc) is 2.49. The van der Waals surface area contributed by atoms with Gasteiger partial charge in [0, 0.05) is 16.9 Å². The molecule has 1 aromatic heterocycles. The van der Waals surface area contributed by atoms with Gasteiger partial charge in [-0.2, -0.15) is 0 Å². The van der Waals surface area contributed by atoms with Crippen molar-refractivity contribution in [2.75, 3.05) is 6.61 Å². The minimum Gasteiger partial charge on any atom is -0.494 e. The Morgan fingerprint density at radius 1 is 1.30 bits per heavy atom. The number of carboxylic acids is 1. The number of carbonyl (C=O) groups is 1. The van der Waals surface area contributed by atoms with E-state index in [0.717, 1.165) is 0 Å². The predicted molar refractivity (Wildman–Crippen MR) is 84.4 cm³/mol. The lowest BCUT2D eigenvalue weighted by Crippen LogP contribution is -2.28. The first kappa shape index (κ1) is 16.5. The Kier molecular flexibility index (Phi) is 4.64. The fourth-order valence-corrected chi connectivity index (χ4v) is 2.29. The number of aromatic carboxylic acids is 1. The van der Waals surface area contributed by atoms with Crippen LogP contribution in [0, 0.1) is 12.7 Å². The minimum atomic E-state index is -1.35. The molecule has 1 N–H and O–H groups in total. The molecule has 0 saturated heterocycles. The molecule has 5 nitrogen and oxygen atoms in total. The van der Waals surface area contributed by atoms with E-state index in [1.807, 2.05) is 0 Å². The van der Waals surface area contributed by atoms with Crippen LogP contribution in [0.15, 0.2) is 41.7 Å². The van der Waals surface area contributed by atoms with Gasteiger partial charge in [0.15, 0.2) is 0 Å². The molecule has 1 heterocycles. The number of halogens is 1. The molecule has 1 aromatic carbocycles. The van der Waals surface area contributed by atoms with Crippen molar-refractivity contribution in [3.05, 3.63) is 69.9 Å². The first-order chi connectivity index (χ1) is 10.9. The Hall–Kier alpha value is -2.89. The summed E-state index contributed by atoms with van der Waals surface area (Å²) in [5.41, 5.74) is 0.131. The Morgan fingerprint density at radius 3 is 2.43 bits per heavy atom. The van der Waals surface area contributed by atoms with Gasteiger partial charge in [-0.15, -0.1) is 0 Å². The van der Waals surface area contributed by atoms with Crippen LogP contribution in [0.2, 0.25) is 0 Å².